The van der Waals surface area contributed by atoms with Crippen molar-refractivity contribution in [2.45, 2.75) is 38.0 Å². The molecule has 3 rings (SSSR count). The molecule has 0 radical (unpaired) electrons. The number of benzene rings is 2. The van der Waals surface area contributed by atoms with Crippen LogP contribution in [0, 0.1) is 6.92 Å². The van der Waals surface area contributed by atoms with E-state index < -0.39 is 10.0 Å². The number of nitrogens with zero attached hydrogens (tertiary/aromatic N) is 2. The number of nitrogens with one attached hydrogen (secondary N) is 1. The Morgan fingerprint density at radius 2 is 1.62 bits per heavy atom. The van der Waals surface area contributed by atoms with Gasteiger partial charge in [-0.05, 0) is 43.0 Å². The second-order valence-electron chi connectivity index (χ2n) is 7.99. The van der Waals surface area contributed by atoms with E-state index in [2.05, 4.69) is 16.9 Å². The standard InChI is InChI=1S/C24H31N3O4S/c1-3-25-32(30,31)21-13-12-19(2)22(18-21)24(29)27-16-14-26(15-17-27)23(28)11-7-10-20-8-5-4-6-9-20/h4-6,8-9,12-13,18,25H,3,7,10-11,14-17H2,1-2H3. The normalized spacial score (nSPS) is 14.4. The molecule has 0 spiro atoms. The number of aryl methyl sites for hydroxylation is 2. The van der Waals surface area contributed by atoms with Gasteiger partial charge < -0.3 is 9.80 Å². The molecule has 1 fully saturated rings. The SMILES string of the molecule is CCNS(=O)(=O)c1ccc(C)c(C(=O)N2CCN(C(=O)CCCc3ccccc3)CC2)c1. The van der Waals surface area contributed by atoms with Gasteiger partial charge >= 0.3 is 0 Å². The molecule has 1 aliphatic heterocycles. The lowest BCUT2D eigenvalue weighted by molar-refractivity contribution is -0.132. The van der Waals surface area contributed by atoms with E-state index in [-0.39, 0.29) is 23.3 Å². The Hall–Kier alpha value is -2.71. The number of hydrogen-bond acceptors (Lipinski definition) is 4. The number of carbonyl (C=O) groups is 2. The zero-order chi connectivity index (χ0) is 23.1. The number of sulfonamides is 1. The minimum absolute atomic E-state index is 0.0838. The first kappa shape index (κ1) is 23.9. The number of rotatable bonds is 8. The highest BCUT2D eigenvalue weighted by Gasteiger charge is 2.26. The van der Waals surface area contributed by atoms with Gasteiger partial charge in [-0.2, -0.15) is 0 Å². The predicted molar refractivity (Wildman–Crippen MR) is 124 cm³/mol. The molecule has 2 amide bonds. The Morgan fingerprint density at radius 1 is 0.969 bits per heavy atom. The molecular formula is C24H31N3O4S. The van der Waals surface area contributed by atoms with Gasteiger partial charge in [0.1, 0.15) is 0 Å². The van der Waals surface area contributed by atoms with Crippen molar-refractivity contribution in [3.05, 3.63) is 65.2 Å². The molecule has 0 atom stereocenters. The van der Waals surface area contributed by atoms with Gasteiger partial charge in [0.15, 0.2) is 0 Å². The molecule has 0 aliphatic carbocycles. The van der Waals surface area contributed by atoms with Crippen LogP contribution in [0.3, 0.4) is 0 Å². The smallest absolute Gasteiger partial charge is 0.254 e. The van der Waals surface area contributed by atoms with Crippen LogP contribution in [0.5, 0.6) is 0 Å². The molecule has 1 saturated heterocycles. The fourth-order valence-corrected chi connectivity index (χ4v) is 4.91. The van der Waals surface area contributed by atoms with E-state index in [0.29, 0.717) is 38.2 Å². The quantitative estimate of drug-likeness (QED) is 0.660. The molecule has 32 heavy (non-hydrogen) atoms. The van der Waals surface area contributed by atoms with Crippen molar-refractivity contribution in [1.82, 2.24) is 14.5 Å². The number of carbonyl (C=O) groups excluding carboxylic acids is 2. The van der Waals surface area contributed by atoms with Crippen LogP contribution < -0.4 is 4.72 Å². The molecule has 172 valence electrons. The Balaban J connectivity index is 1.55. The van der Waals surface area contributed by atoms with Crippen molar-refractivity contribution in [1.29, 1.82) is 0 Å². The van der Waals surface area contributed by atoms with E-state index in [4.69, 9.17) is 0 Å². The van der Waals surface area contributed by atoms with Crippen LogP contribution >= 0.6 is 0 Å². The van der Waals surface area contributed by atoms with Gasteiger partial charge in [0.25, 0.3) is 5.91 Å². The highest BCUT2D eigenvalue weighted by atomic mass is 32.2. The second kappa shape index (κ2) is 10.7. The van der Waals surface area contributed by atoms with Gasteiger partial charge in [0.05, 0.1) is 4.90 Å². The molecule has 8 heteroatoms. The average Bonchev–Trinajstić information content (AvgIpc) is 2.79. The summed E-state index contributed by atoms with van der Waals surface area (Å²) >= 11 is 0. The molecule has 0 aromatic heterocycles. The molecule has 2 aromatic rings. The van der Waals surface area contributed by atoms with Crippen molar-refractivity contribution in [3.8, 4) is 0 Å². The van der Waals surface area contributed by atoms with E-state index in [1.807, 2.05) is 23.1 Å². The van der Waals surface area contributed by atoms with Crippen LogP contribution in [0.1, 0.15) is 41.3 Å². The lowest BCUT2D eigenvalue weighted by atomic mass is 10.1. The summed E-state index contributed by atoms with van der Waals surface area (Å²) < 4.78 is 27.1. The largest absolute Gasteiger partial charge is 0.339 e. The molecule has 1 heterocycles. The van der Waals surface area contributed by atoms with E-state index in [9.17, 15) is 18.0 Å². The van der Waals surface area contributed by atoms with Crippen LogP contribution in [0.2, 0.25) is 0 Å². The first-order chi connectivity index (χ1) is 15.3. The van der Waals surface area contributed by atoms with Crippen molar-refractivity contribution >= 4 is 21.8 Å². The zero-order valence-electron chi connectivity index (χ0n) is 18.7. The summed E-state index contributed by atoms with van der Waals surface area (Å²) in [5.74, 6) is -0.0878. The first-order valence-corrected chi connectivity index (χ1v) is 12.5. The van der Waals surface area contributed by atoms with Gasteiger partial charge in [-0.25, -0.2) is 13.1 Å². The van der Waals surface area contributed by atoms with Crippen molar-refractivity contribution in [3.63, 3.8) is 0 Å². The van der Waals surface area contributed by atoms with Crippen molar-refractivity contribution in [2.24, 2.45) is 0 Å². The Kier molecular flexibility index (Phi) is 8.04. The summed E-state index contributed by atoms with van der Waals surface area (Å²) in [4.78, 5) is 29.2. The summed E-state index contributed by atoms with van der Waals surface area (Å²) in [5, 5.41) is 0. The number of piperazine rings is 1. The lowest BCUT2D eigenvalue weighted by Crippen LogP contribution is -2.50. The summed E-state index contributed by atoms with van der Waals surface area (Å²) in [5.41, 5.74) is 2.33. The molecule has 0 bridgehead atoms. The van der Waals surface area contributed by atoms with Gasteiger partial charge in [0, 0.05) is 44.7 Å². The molecule has 0 unspecified atom stereocenters. The van der Waals surface area contributed by atoms with Gasteiger partial charge in [-0.3, -0.25) is 9.59 Å². The Bertz CT molecular complexity index is 1050. The van der Waals surface area contributed by atoms with E-state index in [1.54, 1.807) is 24.8 Å². The topological polar surface area (TPSA) is 86.8 Å². The van der Waals surface area contributed by atoms with Crippen LogP contribution in [-0.2, 0) is 21.2 Å². The Morgan fingerprint density at radius 3 is 2.28 bits per heavy atom. The minimum Gasteiger partial charge on any atom is -0.339 e. The Labute approximate surface area is 190 Å². The fraction of sp³-hybridized carbons (Fsp3) is 0.417. The van der Waals surface area contributed by atoms with Crippen molar-refractivity contribution in [2.75, 3.05) is 32.7 Å². The van der Waals surface area contributed by atoms with Crippen LogP contribution in [0.25, 0.3) is 0 Å². The van der Waals surface area contributed by atoms with Crippen LogP contribution in [0.4, 0.5) is 0 Å². The maximum absolute atomic E-state index is 13.1. The van der Waals surface area contributed by atoms with Crippen LogP contribution in [-0.4, -0.2) is 62.8 Å². The van der Waals surface area contributed by atoms with E-state index in [0.717, 1.165) is 18.4 Å². The first-order valence-electron chi connectivity index (χ1n) is 11.0. The second-order valence-corrected chi connectivity index (χ2v) is 9.76. The molecule has 7 nitrogen and oxygen atoms in total. The third kappa shape index (κ3) is 5.95. The summed E-state index contributed by atoms with van der Waals surface area (Å²) in [6.07, 6.45) is 2.16. The molecule has 2 aromatic carbocycles. The maximum Gasteiger partial charge on any atom is 0.254 e. The number of amides is 2. The monoisotopic (exact) mass is 457 g/mol. The summed E-state index contributed by atoms with van der Waals surface area (Å²) in [7, 11) is -3.64. The number of hydrogen-bond donors (Lipinski definition) is 1. The van der Waals surface area contributed by atoms with E-state index >= 15 is 0 Å². The summed E-state index contributed by atoms with van der Waals surface area (Å²) in [6, 6.07) is 14.7. The molecule has 1 aliphatic rings. The highest BCUT2D eigenvalue weighted by molar-refractivity contribution is 7.89. The lowest BCUT2D eigenvalue weighted by Gasteiger charge is -2.35. The van der Waals surface area contributed by atoms with Gasteiger partial charge in [-0.15, -0.1) is 0 Å². The average molecular weight is 458 g/mol. The van der Waals surface area contributed by atoms with Crippen LogP contribution in [0.15, 0.2) is 53.4 Å². The summed E-state index contributed by atoms with van der Waals surface area (Å²) in [6.45, 7) is 5.64. The fourth-order valence-electron chi connectivity index (χ4n) is 3.85. The van der Waals surface area contributed by atoms with Gasteiger partial charge in [0.2, 0.25) is 15.9 Å². The minimum atomic E-state index is -3.64. The van der Waals surface area contributed by atoms with Crippen molar-refractivity contribution < 1.29 is 18.0 Å². The van der Waals surface area contributed by atoms with E-state index in [1.165, 1.54) is 17.7 Å². The molecular weight excluding hydrogens is 426 g/mol. The third-order valence-corrected chi connectivity index (χ3v) is 7.25. The molecule has 1 N–H and O–H groups in total. The third-order valence-electron chi connectivity index (χ3n) is 5.70. The maximum atomic E-state index is 13.1. The zero-order valence-corrected chi connectivity index (χ0v) is 19.5. The highest BCUT2D eigenvalue weighted by Crippen LogP contribution is 2.19. The predicted octanol–water partition coefficient (Wildman–Crippen LogP) is 2.60. The van der Waals surface area contributed by atoms with Gasteiger partial charge in [-0.1, -0.05) is 43.3 Å². The molecule has 0 saturated carbocycles.